The van der Waals surface area contributed by atoms with Crippen molar-refractivity contribution < 1.29 is 9.21 Å². The maximum absolute atomic E-state index is 12.9. The van der Waals surface area contributed by atoms with Gasteiger partial charge in [0.1, 0.15) is 11.3 Å². The van der Waals surface area contributed by atoms with Crippen LogP contribution in [-0.2, 0) is 6.54 Å². The monoisotopic (exact) mass is 413 g/mol. The van der Waals surface area contributed by atoms with Crippen LogP contribution < -0.4 is 5.56 Å². The maximum Gasteiger partial charge on any atom is 0.261 e. The fourth-order valence-electron chi connectivity index (χ4n) is 4.17. The van der Waals surface area contributed by atoms with Crippen LogP contribution >= 0.6 is 0 Å². The Hall–Kier alpha value is -3.64. The highest BCUT2D eigenvalue weighted by atomic mass is 16.3. The van der Waals surface area contributed by atoms with E-state index in [2.05, 4.69) is 52.3 Å². The molecule has 0 aliphatic carbocycles. The summed E-state index contributed by atoms with van der Waals surface area (Å²) in [7, 11) is 0. The number of nitrogens with zero attached hydrogens (tertiary/aromatic N) is 2. The first-order valence-corrected chi connectivity index (χ1v) is 10.4. The highest BCUT2D eigenvalue weighted by Gasteiger charge is 2.24. The number of aromatic nitrogens is 1. The number of hydrogen-bond acceptors (Lipinski definition) is 4. The molecule has 156 valence electrons. The van der Waals surface area contributed by atoms with Gasteiger partial charge in [0.05, 0.1) is 12.0 Å². The van der Waals surface area contributed by atoms with E-state index in [9.17, 15) is 9.59 Å². The largest absolute Gasteiger partial charge is 0.463 e. The number of piperazine rings is 1. The SMILES string of the molecule is O=C(c1ccc(-c2ccco2)[nH]c1=O)N1CCN(Cc2cccc3ccccc23)CC1. The minimum absolute atomic E-state index is 0.165. The van der Waals surface area contributed by atoms with Crippen LogP contribution in [0.15, 0.2) is 82.2 Å². The van der Waals surface area contributed by atoms with Gasteiger partial charge in [0.2, 0.25) is 0 Å². The highest BCUT2D eigenvalue weighted by Crippen LogP contribution is 2.21. The smallest absolute Gasteiger partial charge is 0.261 e. The highest BCUT2D eigenvalue weighted by molar-refractivity contribution is 5.94. The first-order chi connectivity index (χ1) is 15.2. The van der Waals surface area contributed by atoms with E-state index in [1.54, 1.807) is 35.4 Å². The number of aromatic amines is 1. The van der Waals surface area contributed by atoms with Crippen LogP contribution in [0.2, 0.25) is 0 Å². The van der Waals surface area contributed by atoms with E-state index in [0.29, 0.717) is 24.5 Å². The van der Waals surface area contributed by atoms with Crippen molar-refractivity contribution in [3.63, 3.8) is 0 Å². The first-order valence-electron chi connectivity index (χ1n) is 10.4. The molecular formula is C25H23N3O3. The number of hydrogen-bond donors (Lipinski definition) is 1. The topological polar surface area (TPSA) is 69.5 Å². The Labute approximate surface area is 179 Å². The van der Waals surface area contributed by atoms with Gasteiger partial charge in [0.15, 0.2) is 0 Å². The molecule has 31 heavy (non-hydrogen) atoms. The standard InChI is InChI=1S/C25H23N3O3/c29-24-21(10-11-22(26-24)23-9-4-16-31-23)25(30)28-14-12-27(13-15-28)17-19-7-3-6-18-5-1-2-8-20(18)19/h1-11,16H,12-15,17H2,(H,26,29). The van der Waals surface area contributed by atoms with Crippen LogP contribution in [-0.4, -0.2) is 46.9 Å². The molecule has 4 aromatic rings. The molecule has 1 aliphatic rings. The van der Waals surface area contributed by atoms with Crippen molar-refractivity contribution in [2.75, 3.05) is 26.2 Å². The van der Waals surface area contributed by atoms with E-state index in [4.69, 9.17) is 4.42 Å². The molecule has 1 amide bonds. The number of nitrogens with one attached hydrogen (secondary N) is 1. The van der Waals surface area contributed by atoms with Gasteiger partial charge < -0.3 is 14.3 Å². The number of pyridine rings is 1. The fraction of sp³-hybridized carbons (Fsp3) is 0.200. The molecule has 6 nitrogen and oxygen atoms in total. The molecule has 5 rings (SSSR count). The lowest BCUT2D eigenvalue weighted by molar-refractivity contribution is 0.0627. The molecule has 6 heteroatoms. The molecule has 0 atom stereocenters. The molecule has 2 aromatic carbocycles. The first kappa shape index (κ1) is 19.3. The predicted molar refractivity (Wildman–Crippen MR) is 120 cm³/mol. The molecule has 0 radical (unpaired) electrons. The molecule has 0 bridgehead atoms. The Morgan fingerprint density at radius 1 is 0.903 bits per heavy atom. The molecule has 1 N–H and O–H groups in total. The van der Waals surface area contributed by atoms with Crippen molar-refractivity contribution in [1.82, 2.24) is 14.8 Å². The van der Waals surface area contributed by atoms with Crippen LogP contribution in [0.3, 0.4) is 0 Å². The maximum atomic E-state index is 12.9. The van der Waals surface area contributed by atoms with Crippen LogP contribution in [0.1, 0.15) is 15.9 Å². The second-order valence-corrected chi connectivity index (χ2v) is 7.80. The summed E-state index contributed by atoms with van der Waals surface area (Å²) in [5.74, 6) is 0.343. The zero-order valence-electron chi connectivity index (χ0n) is 17.1. The van der Waals surface area contributed by atoms with Crippen molar-refractivity contribution in [2.45, 2.75) is 6.54 Å². The zero-order chi connectivity index (χ0) is 21.2. The normalized spacial score (nSPS) is 14.8. The molecule has 1 saturated heterocycles. The summed E-state index contributed by atoms with van der Waals surface area (Å²) in [5.41, 5.74) is 1.63. The number of fused-ring (bicyclic) bond motifs is 1. The van der Waals surface area contributed by atoms with Gasteiger partial charge in [-0.15, -0.1) is 0 Å². The number of benzene rings is 2. The van der Waals surface area contributed by atoms with Crippen molar-refractivity contribution in [3.8, 4) is 11.5 Å². The Morgan fingerprint density at radius 3 is 2.48 bits per heavy atom. The quantitative estimate of drug-likeness (QED) is 0.553. The number of rotatable bonds is 4. The average Bonchev–Trinajstić information content (AvgIpc) is 3.34. The van der Waals surface area contributed by atoms with Crippen LogP contribution in [0.4, 0.5) is 0 Å². The van der Waals surface area contributed by atoms with Gasteiger partial charge in [0.25, 0.3) is 11.5 Å². The molecule has 0 saturated carbocycles. The van der Waals surface area contributed by atoms with Gasteiger partial charge in [-0.2, -0.15) is 0 Å². The van der Waals surface area contributed by atoms with Crippen molar-refractivity contribution in [1.29, 1.82) is 0 Å². The van der Waals surface area contributed by atoms with E-state index < -0.39 is 5.56 Å². The van der Waals surface area contributed by atoms with Crippen LogP contribution in [0, 0.1) is 0 Å². The number of amides is 1. The van der Waals surface area contributed by atoms with E-state index in [-0.39, 0.29) is 11.5 Å². The molecule has 0 unspecified atom stereocenters. The third-order valence-corrected chi connectivity index (χ3v) is 5.86. The summed E-state index contributed by atoms with van der Waals surface area (Å²) in [6, 6.07) is 21.6. The number of carbonyl (C=O) groups excluding carboxylic acids is 1. The van der Waals surface area contributed by atoms with Gasteiger partial charge in [-0.3, -0.25) is 14.5 Å². The lowest BCUT2D eigenvalue weighted by Gasteiger charge is -2.34. The Morgan fingerprint density at radius 2 is 1.71 bits per heavy atom. The van der Waals surface area contributed by atoms with Gasteiger partial charge >= 0.3 is 0 Å². The second-order valence-electron chi connectivity index (χ2n) is 7.80. The summed E-state index contributed by atoms with van der Waals surface area (Å²) in [6.07, 6.45) is 1.55. The van der Waals surface area contributed by atoms with Gasteiger partial charge in [-0.05, 0) is 40.6 Å². The van der Waals surface area contributed by atoms with E-state index in [0.717, 1.165) is 19.6 Å². The zero-order valence-corrected chi connectivity index (χ0v) is 17.1. The van der Waals surface area contributed by atoms with E-state index in [1.807, 2.05) is 0 Å². The van der Waals surface area contributed by atoms with Gasteiger partial charge in [-0.25, -0.2) is 0 Å². The average molecular weight is 413 g/mol. The summed E-state index contributed by atoms with van der Waals surface area (Å²) in [4.78, 5) is 32.3. The Bertz CT molecular complexity index is 1260. The van der Waals surface area contributed by atoms with Crippen molar-refractivity contribution >= 4 is 16.7 Å². The molecule has 1 aliphatic heterocycles. The predicted octanol–water partition coefficient (Wildman–Crippen LogP) is 3.75. The van der Waals surface area contributed by atoms with Crippen molar-refractivity contribution in [2.24, 2.45) is 0 Å². The minimum Gasteiger partial charge on any atom is -0.463 e. The van der Waals surface area contributed by atoms with Gasteiger partial charge in [-0.1, -0.05) is 42.5 Å². The van der Waals surface area contributed by atoms with Crippen molar-refractivity contribution in [3.05, 3.63) is 94.5 Å². The lowest BCUT2D eigenvalue weighted by Crippen LogP contribution is -2.49. The second kappa shape index (κ2) is 8.24. The third kappa shape index (κ3) is 3.90. The summed E-state index contributed by atoms with van der Waals surface area (Å²) in [5, 5.41) is 2.51. The molecule has 1 fully saturated rings. The Kier molecular flexibility index (Phi) is 5.14. The third-order valence-electron chi connectivity index (χ3n) is 5.86. The summed E-state index contributed by atoms with van der Waals surface area (Å²) in [6.45, 7) is 3.60. The van der Waals surface area contributed by atoms with Crippen LogP contribution in [0.5, 0.6) is 0 Å². The van der Waals surface area contributed by atoms with E-state index >= 15 is 0 Å². The number of carbonyl (C=O) groups is 1. The lowest BCUT2D eigenvalue weighted by atomic mass is 10.0. The minimum atomic E-state index is -0.392. The Balaban J connectivity index is 1.25. The summed E-state index contributed by atoms with van der Waals surface area (Å²) >= 11 is 0. The van der Waals surface area contributed by atoms with E-state index in [1.165, 1.54) is 16.3 Å². The molecular weight excluding hydrogens is 390 g/mol. The summed E-state index contributed by atoms with van der Waals surface area (Å²) < 4.78 is 5.31. The number of furan rings is 1. The van der Waals surface area contributed by atoms with Crippen LogP contribution in [0.25, 0.3) is 22.2 Å². The fourth-order valence-corrected chi connectivity index (χ4v) is 4.17. The number of H-pyrrole nitrogens is 1. The molecule has 2 aromatic heterocycles. The molecule has 0 spiro atoms. The molecule has 3 heterocycles. The van der Waals surface area contributed by atoms with Gasteiger partial charge in [0, 0.05) is 32.7 Å².